The van der Waals surface area contributed by atoms with Gasteiger partial charge in [-0.1, -0.05) is 97.3 Å². The summed E-state index contributed by atoms with van der Waals surface area (Å²) in [5.41, 5.74) is 0. The van der Waals surface area contributed by atoms with Crippen LogP contribution in [0.1, 0.15) is 104 Å². The van der Waals surface area contributed by atoms with Crippen LogP contribution in [-0.4, -0.2) is 36.1 Å². The van der Waals surface area contributed by atoms with Crippen molar-refractivity contribution in [3.63, 3.8) is 0 Å². The Bertz CT molecular complexity index is 209. The third-order valence-electron chi connectivity index (χ3n) is 4.95. The van der Waals surface area contributed by atoms with Crippen molar-refractivity contribution in [2.45, 2.75) is 110 Å². The molecule has 1 unspecified atom stereocenters. The van der Waals surface area contributed by atoms with Crippen LogP contribution in [0.15, 0.2) is 0 Å². The Morgan fingerprint density at radius 3 is 1.67 bits per heavy atom. The first-order chi connectivity index (χ1) is 11.7. The van der Waals surface area contributed by atoms with Gasteiger partial charge < -0.3 is 14.9 Å². The molecule has 0 radical (unpaired) electrons. The maximum atomic E-state index is 9.12. The largest absolute Gasteiger partial charge is 0.394 e. The summed E-state index contributed by atoms with van der Waals surface area (Å²) in [6, 6.07) is 0. The van der Waals surface area contributed by atoms with Gasteiger partial charge in [0.2, 0.25) is 0 Å². The third kappa shape index (κ3) is 18.2. The Morgan fingerprint density at radius 1 is 0.750 bits per heavy atom. The number of aliphatic hydroxyl groups excluding tert-OH is 2. The molecular formula is C21H44O3. The fraction of sp³-hybridized carbons (Fsp3) is 1.00. The van der Waals surface area contributed by atoms with Crippen molar-refractivity contribution in [2.75, 3.05) is 19.8 Å². The van der Waals surface area contributed by atoms with Crippen LogP contribution in [0.4, 0.5) is 0 Å². The predicted octanol–water partition coefficient (Wildman–Crippen LogP) is 5.47. The lowest BCUT2D eigenvalue weighted by atomic mass is 9.99. The molecule has 0 bridgehead atoms. The van der Waals surface area contributed by atoms with E-state index in [4.69, 9.17) is 14.9 Å². The second kappa shape index (κ2) is 19.2. The lowest BCUT2D eigenvalue weighted by Gasteiger charge is -2.08. The molecule has 0 aliphatic rings. The van der Waals surface area contributed by atoms with Crippen molar-refractivity contribution in [1.82, 2.24) is 0 Å². The van der Waals surface area contributed by atoms with E-state index in [9.17, 15) is 0 Å². The maximum Gasteiger partial charge on any atom is 0.100 e. The second-order valence-corrected chi connectivity index (χ2v) is 7.46. The van der Waals surface area contributed by atoms with Crippen molar-refractivity contribution in [3.8, 4) is 0 Å². The molecule has 0 aromatic heterocycles. The molecule has 24 heavy (non-hydrogen) atoms. The molecule has 2 atom stereocenters. The van der Waals surface area contributed by atoms with Gasteiger partial charge in [0.1, 0.15) is 6.10 Å². The highest BCUT2D eigenvalue weighted by Gasteiger charge is 2.01. The molecule has 0 saturated carbocycles. The Morgan fingerprint density at radius 2 is 1.21 bits per heavy atom. The van der Waals surface area contributed by atoms with Crippen LogP contribution in [0.5, 0.6) is 0 Å². The first-order valence-electron chi connectivity index (χ1n) is 10.6. The number of hydrogen-bond donors (Lipinski definition) is 2. The third-order valence-corrected chi connectivity index (χ3v) is 4.95. The van der Waals surface area contributed by atoms with Gasteiger partial charge in [-0.2, -0.15) is 0 Å². The van der Waals surface area contributed by atoms with E-state index in [2.05, 4.69) is 13.8 Å². The van der Waals surface area contributed by atoms with E-state index in [0.717, 1.165) is 12.3 Å². The molecular weight excluding hydrogens is 300 g/mol. The van der Waals surface area contributed by atoms with E-state index < -0.39 is 6.10 Å². The van der Waals surface area contributed by atoms with Gasteiger partial charge in [-0.05, 0) is 12.3 Å². The normalized spacial score (nSPS) is 14.0. The highest BCUT2D eigenvalue weighted by atomic mass is 16.5. The molecule has 0 aliphatic heterocycles. The Balaban J connectivity index is 3.03. The quantitative estimate of drug-likeness (QED) is 0.305. The standard InChI is InChI=1S/C21H44O3/c1-3-20(2)16-14-12-10-8-6-4-5-7-9-11-13-15-17-24-19-21(23)18-22/h20-23H,3-19H2,1-2H3/t20?,21-/m0/s1. The first-order valence-corrected chi connectivity index (χ1v) is 10.6. The SMILES string of the molecule is CCC(C)CCCCCCCCCCCCCCOC[C@@H](O)CO. The summed E-state index contributed by atoms with van der Waals surface area (Å²) >= 11 is 0. The summed E-state index contributed by atoms with van der Waals surface area (Å²) < 4.78 is 5.30. The minimum absolute atomic E-state index is 0.210. The van der Waals surface area contributed by atoms with E-state index in [1.165, 1.54) is 83.5 Å². The number of aliphatic hydroxyl groups is 2. The van der Waals surface area contributed by atoms with Gasteiger partial charge in [-0.15, -0.1) is 0 Å². The molecule has 0 amide bonds. The van der Waals surface area contributed by atoms with Gasteiger partial charge in [-0.3, -0.25) is 0 Å². The zero-order valence-electron chi connectivity index (χ0n) is 16.5. The topological polar surface area (TPSA) is 49.7 Å². The minimum atomic E-state index is -0.718. The van der Waals surface area contributed by atoms with E-state index in [0.29, 0.717) is 6.61 Å². The van der Waals surface area contributed by atoms with Crippen LogP contribution in [-0.2, 0) is 4.74 Å². The molecule has 0 aliphatic carbocycles. The smallest absolute Gasteiger partial charge is 0.100 e. The van der Waals surface area contributed by atoms with Crippen molar-refractivity contribution >= 4 is 0 Å². The molecule has 3 heteroatoms. The number of rotatable bonds is 19. The molecule has 3 nitrogen and oxygen atoms in total. The van der Waals surface area contributed by atoms with Crippen LogP contribution < -0.4 is 0 Å². The highest BCUT2D eigenvalue weighted by molar-refractivity contribution is 4.53. The van der Waals surface area contributed by atoms with E-state index >= 15 is 0 Å². The van der Waals surface area contributed by atoms with Crippen molar-refractivity contribution in [2.24, 2.45) is 5.92 Å². The molecule has 0 saturated heterocycles. The average Bonchev–Trinajstić information content (AvgIpc) is 2.60. The van der Waals surface area contributed by atoms with Gasteiger partial charge in [0.25, 0.3) is 0 Å². The zero-order valence-corrected chi connectivity index (χ0v) is 16.5. The second-order valence-electron chi connectivity index (χ2n) is 7.46. The highest BCUT2D eigenvalue weighted by Crippen LogP contribution is 2.15. The van der Waals surface area contributed by atoms with Crippen LogP contribution in [0, 0.1) is 5.92 Å². The van der Waals surface area contributed by atoms with Crippen LogP contribution in [0.2, 0.25) is 0 Å². The molecule has 0 aromatic rings. The number of ether oxygens (including phenoxy) is 1. The average molecular weight is 345 g/mol. The molecule has 2 N–H and O–H groups in total. The van der Waals surface area contributed by atoms with Crippen molar-refractivity contribution in [3.05, 3.63) is 0 Å². The molecule has 0 rings (SSSR count). The Labute approximate surface area is 151 Å². The summed E-state index contributed by atoms with van der Waals surface area (Å²) in [4.78, 5) is 0. The fourth-order valence-corrected chi connectivity index (χ4v) is 2.94. The first kappa shape index (κ1) is 23.9. The molecule has 0 aromatic carbocycles. The molecule has 0 fully saturated rings. The van der Waals surface area contributed by atoms with E-state index in [1.54, 1.807) is 0 Å². The van der Waals surface area contributed by atoms with Crippen molar-refractivity contribution < 1.29 is 14.9 Å². The lowest BCUT2D eigenvalue weighted by molar-refractivity contribution is 0.00526. The number of hydrogen-bond acceptors (Lipinski definition) is 3. The monoisotopic (exact) mass is 344 g/mol. The van der Waals surface area contributed by atoms with E-state index in [1.807, 2.05) is 0 Å². The molecule has 0 heterocycles. The number of unbranched alkanes of at least 4 members (excludes halogenated alkanes) is 11. The minimum Gasteiger partial charge on any atom is -0.394 e. The zero-order chi connectivity index (χ0) is 17.9. The van der Waals surface area contributed by atoms with Crippen LogP contribution >= 0.6 is 0 Å². The van der Waals surface area contributed by atoms with E-state index in [-0.39, 0.29) is 13.2 Å². The van der Waals surface area contributed by atoms with Crippen molar-refractivity contribution in [1.29, 1.82) is 0 Å². The summed E-state index contributed by atoms with van der Waals surface area (Å²) in [6.07, 6.45) is 18.3. The van der Waals surface area contributed by atoms with Gasteiger partial charge >= 0.3 is 0 Å². The maximum absolute atomic E-state index is 9.12. The van der Waals surface area contributed by atoms with Gasteiger partial charge in [0.15, 0.2) is 0 Å². The molecule has 0 spiro atoms. The Hall–Kier alpha value is -0.120. The summed E-state index contributed by atoms with van der Waals surface area (Å²) in [5, 5.41) is 17.8. The predicted molar refractivity (Wildman–Crippen MR) is 103 cm³/mol. The fourth-order valence-electron chi connectivity index (χ4n) is 2.94. The van der Waals surface area contributed by atoms with Gasteiger partial charge in [0.05, 0.1) is 13.2 Å². The molecule has 146 valence electrons. The summed E-state index contributed by atoms with van der Waals surface area (Å²) in [6.45, 7) is 5.41. The Kier molecular flexibility index (Phi) is 19.1. The van der Waals surface area contributed by atoms with Crippen LogP contribution in [0.3, 0.4) is 0 Å². The van der Waals surface area contributed by atoms with Gasteiger partial charge in [-0.25, -0.2) is 0 Å². The summed E-state index contributed by atoms with van der Waals surface area (Å²) in [7, 11) is 0. The lowest BCUT2D eigenvalue weighted by Crippen LogP contribution is -2.19. The van der Waals surface area contributed by atoms with Crippen LogP contribution in [0.25, 0.3) is 0 Å². The van der Waals surface area contributed by atoms with Gasteiger partial charge in [0, 0.05) is 6.61 Å². The summed E-state index contributed by atoms with van der Waals surface area (Å²) in [5.74, 6) is 0.920.